The van der Waals surface area contributed by atoms with E-state index in [1.54, 1.807) is 42.5 Å². The van der Waals surface area contributed by atoms with Gasteiger partial charge in [0.25, 0.3) is 11.5 Å². The van der Waals surface area contributed by atoms with E-state index >= 15 is 0 Å². The number of aromatic nitrogens is 1. The van der Waals surface area contributed by atoms with E-state index in [0.29, 0.717) is 16.6 Å². The fraction of sp³-hybridized carbons (Fsp3) is 0.100. The normalized spacial score (nSPS) is 11.2. The molecule has 0 aliphatic carbocycles. The lowest BCUT2D eigenvalue weighted by Gasteiger charge is -2.15. The van der Waals surface area contributed by atoms with Crippen molar-refractivity contribution in [1.82, 2.24) is 9.99 Å². The van der Waals surface area contributed by atoms with Gasteiger partial charge in [0.15, 0.2) is 0 Å². The average Bonchev–Trinajstić information content (AvgIpc) is 2.68. The van der Waals surface area contributed by atoms with Crippen molar-refractivity contribution in [1.29, 1.82) is 5.26 Å². The fourth-order valence-corrected chi connectivity index (χ4v) is 2.80. The average molecular weight is 360 g/mol. The van der Waals surface area contributed by atoms with Gasteiger partial charge in [-0.15, -0.1) is 0 Å². The molecule has 0 aliphatic heterocycles. The van der Waals surface area contributed by atoms with E-state index in [1.807, 2.05) is 18.2 Å². The van der Waals surface area contributed by atoms with Crippen LogP contribution in [0.5, 0.6) is 5.75 Å². The molecule has 1 aromatic heterocycles. The van der Waals surface area contributed by atoms with E-state index in [1.165, 1.54) is 11.5 Å². The highest BCUT2D eigenvalue weighted by Gasteiger charge is 2.19. The number of hydrogen-bond acceptors (Lipinski definition) is 5. The Labute approximate surface area is 154 Å². The van der Waals surface area contributed by atoms with E-state index in [-0.39, 0.29) is 23.4 Å². The predicted octanol–water partition coefficient (Wildman–Crippen LogP) is 2.45. The van der Waals surface area contributed by atoms with Crippen LogP contribution in [0.3, 0.4) is 0 Å². The van der Waals surface area contributed by atoms with Gasteiger partial charge in [-0.25, -0.2) is 5.43 Å². The zero-order chi connectivity index (χ0) is 19.4. The van der Waals surface area contributed by atoms with Gasteiger partial charge in [0.05, 0.1) is 17.3 Å². The molecular weight excluding hydrogens is 344 g/mol. The van der Waals surface area contributed by atoms with Gasteiger partial charge in [0, 0.05) is 11.1 Å². The molecule has 0 bridgehead atoms. The number of rotatable bonds is 4. The van der Waals surface area contributed by atoms with Crippen LogP contribution in [-0.2, 0) is 4.79 Å². The molecule has 7 nitrogen and oxygen atoms in total. The highest BCUT2D eigenvalue weighted by Crippen LogP contribution is 2.28. The maximum Gasteiger partial charge on any atom is 0.268 e. The van der Waals surface area contributed by atoms with Crippen molar-refractivity contribution < 1.29 is 9.90 Å². The quantitative estimate of drug-likeness (QED) is 0.550. The first-order valence-electron chi connectivity index (χ1n) is 8.17. The van der Waals surface area contributed by atoms with Crippen LogP contribution in [0.15, 0.2) is 64.5 Å². The number of carbonyl (C=O) groups is 1. The van der Waals surface area contributed by atoms with Gasteiger partial charge in [-0.3, -0.25) is 14.2 Å². The Morgan fingerprint density at radius 1 is 1.19 bits per heavy atom. The molecule has 27 heavy (non-hydrogen) atoms. The molecule has 0 fully saturated rings. The molecule has 0 saturated heterocycles. The van der Waals surface area contributed by atoms with Crippen molar-refractivity contribution in [3.63, 3.8) is 0 Å². The first-order valence-corrected chi connectivity index (χ1v) is 8.17. The number of para-hydroxylation sites is 2. The Hall–Kier alpha value is -3.92. The van der Waals surface area contributed by atoms with Gasteiger partial charge in [0.2, 0.25) is 0 Å². The van der Waals surface area contributed by atoms with Gasteiger partial charge in [-0.05, 0) is 31.2 Å². The minimum atomic E-state index is -0.597. The van der Waals surface area contributed by atoms with Crippen LogP contribution in [0.1, 0.15) is 18.9 Å². The molecule has 0 saturated carbocycles. The number of nitriles is 1. The molecule has 0 spiro atoms. The monoisotopic (exact) mass is 360 g/mol. The van der Waals surface area contributed by atoms with Crippen LogP contribution < -0.4 is 11.0 Å². The number of nitrogens with one attached hydrogen (secondary N) is 1. The fourth-order valence-electron chi connectivity index (χ4n) is 2.80. The van der Waals surface area contributed by atoms with Crippen LogP contribution >= 0.6 is 0 Å². The third-order valence-corrected chi connectivity index (χ3v) is 4.02. The van der Waals surface area contributed by atoms with Crippen molar-refractivity contribution in [3.05, 3.63) is 70.5 Å². The van der Waals surface area contributed by atoms with Gasteiger partial charge in [0.1, 0.15) is 17.7 Å². The van der Waals surface area contributed by atoms with Crippen molar-refractivity contribution in [2.75, 3.05) is 0 Å². The molecule has 0 radical (unpaired) electrons. The smallest absolute Gasteiger partial charge is 0.268 e. The first-order chi connectivity index (χ1) is 13.0. The van der Waals surface area contributed by atoms with Crippen molar-refractivity contribution in [2.45, 2.75) is 13.3 Å². The summed E-state index contributed by atoms with van der Waals surface area (Å²) in [5.41, 5.74) is 3.06. The van der Waals surface area contributed by atoms with E-state index in [9.17, 15) is 14.7 Å². The highest BCUT2D eigenvalue weighted by atomic mass is 16.3. The Morgan fingerprint density at radius 3 is 2.56 bits per heavy atom. The second-order valence-electron chi connectivity index (χ2n) is 5.78. The summed E-state index contributed by atoms with van der Waals surface area (Å²) in [6.07, 6.45) is -0.352. The summed E-state index contributed by atoms with van der Waals surface area (Å²) in [4.78, 5) is 24.6. The van der Waals surface area contributed by atoms with Gasteiger partial charge in [-0.2, -0.15) is 10.4 Å². The minimum absolute atomic E-state index is 0.0187. The number of hydrazone groups is 1. The Kier molecular flexibility index (Phi) is 4.99. The highest BCUT2D eigenvalue weighted by molar-refractivity contribution is 6.05. The molecule has 0 unspecified atom stereocenters. The first kappa shape index (κ1) is 17.9. The molecule has 134 valence electrons. The van der Waals surface area contributed by atoms with Crippen LogP contribution in [0.25, 0.3) is 16.6 Å². The number of pyridine rings is 1. The lowest BCUT2D eigenvalue weighted by atomic mass is 10.1. The lowest BCUT2D eigenvalue weighted by Crippen LogP contribution is -2.27. The number of amides is 1. The molecule has 1 heterocycles. The van der Waals surface area contributed by atoms with E-state index in [0.717, 1.165) is 0 Å². The number of aromatic hydroxyl groups is 1. The van der Waals surface area contributed by atoms with Crippen molar-refractivity contribution >= 4 is 22.5 Å². The minimum Gasteiger partial charge on any atom is -0.506 e. The molecular formula is C20H16N4O3. The van der Waals surface area contributed by atoms with Crippen LogP contribution in [0, 0.1) is 11.3 Å². The third-order valence-electron chi connectivity index (χ3n) is 4.02. The summed E-state index contributed by atoms with van der Waals surface area (Å²) in [5.74, 6) is -0.806. The van der Waals surface area contributed by atoms with Gasteiger partial charge < -0.3 is 5.11 Å². The maximum atomic E-state index is 13.2. The van der Waals surface area contributed by atoms with Crippen LogP contribution in [0.4, 0.5) is 0 Å². The molecule has 0 aliphatic rings. The lowest BCUT2D eigenvalue weighted by molar-refractivity contribution is -0.120. The van der Waals surface area contributed by atoms with Crippen molar-refractivity contribution in [3.8, 4) is 17.5 Å². The molecule has 0 atom stereocenters. The molecule has 7 heteroatoms. The third kappa shape index (κ3) is 3.41. The maximum absolute atomic E-state index is 13.2. The summed E-state index contributed by atoms with van der Waals surface area (Å²) in [5, 5.41) is 23.6. The number of hydrogen-bond donors (Lipinski definition) is 2. The molecule has 1 amide bonds. The van der Waals surface area contributed by atoms with E-state index < -0.39 is 11.5 Å². The summed E-state index contributed by atoms with van der Waals surface area (Å²) >= 11 is 0. The summed E-state index contributed by atoms with van der Waals surface area (Å²) in [6, 6.07) is 17.7. The SMILES string of the molecule is CC(=NNC(=O)CC#N)c1c(O)c2ccccc2n(-c2ccccc2)c1=O. The second kappa shape index (κ2) is 7.54. The molecule has 2 aromatic carbocycles. The number of carbonyl (C=O) groups excluding carboxylic acids is 1. The predicted molar refractivity (Wildman–Crippen MR) is 102 cm³/mol. The zero-order valence-electron chi connectivity index (χ0n) is 14.5. The summed E-state index contributed by atoms with van der Waals surface area (Å²) in [6.45, 7) is 1.51. The topological polar surface area (TPSA) is 107 Å². The molecule has 2 N–H and O–H groups in total. The van der Waals surface area contributed by atoms with Crippen LogP contribution in [-0.4, -0.2) is 21.3 Å². The Bertz CT molecular complexity index is 1140. The largest absolute Gasteiger partial charge is 0.506 e. The van der Waals surface area contributed by atoms with E-state index in [2.05, 4.69) is 10.5 Å². The summed E-state index contributed by atoms with van der Waals surface area (Å²) < 4.78 is 1.49. The second-order valence-corrected chi connectivity index (χ2v) is 5.78. The Balaban J connectivity index is 2.26. The standard InChI is InChI=1S/C20H16N4O3/c1-13(22-23-17(25)11-12-21)18-19(26)15-9-5-6-10-16(15)24(20(18)27)14-7-3-2-4-8-14/h2-10,26H,11H2,1H3,(H,23,25). The number of benzene rings is 2. The molecule has 3 aromatic rings. The van der Waals surface area contributed by atoms with Crippen molar-refractivity contribution in [2.24, 2.45) is 5.10 Å². The number of fused-ring (bicyclic) bond motifs is 1. The zero-order valence-corrected chi connectivity index (χ0v) is 14.5. The summed E-state index contributed by atoms with van der Waals surface area (Å²) in [7, 11) is 0. The van der Waals surface area contributed by atoms with Gasteiger partial charge >= 0.3 is 0 Å². The Morgan fingerprint density at radius 2 is 1.85 bits per heavy atom. The molecule has 3 rings (SSSR count). The van der Waals surface area contributed by atoms with Crippen LogP contribution in [0.2, 0.25) is 0 Å². The van der Waals surface area contributed by atoms with Gasteiger partial charge in [-0.1, -0.05) is 30.3 Å². The number of nitrogens with zero attached hydrogens (tertiary/aromatic N) is 3. The van der Waals surface area contributed by atoms with E-state index in [4.69, 9.17) is 5.26 Å².